The highest BCUT2D eigenvalue weighted by Crippen LogP contribution is 2.56. The first-order valence-electron chi connectivity index (χ1n) is 35.6. The number of phenolic OH excluding ortho intramolecular Hbond substituents is 1. The number of para-hydroxylation sites is 3. The standard InChI is InChI=1S/C89H84N2O2/c1-58-23-17-18-36-70(58)66-34-19-35-67(55-66)71-37-21-41-81(87(71)92)90(68-47-43-61(44-48-68)59-24-7-2-8-25-59)83-56-79(64-30-13-5-14-31-64)73-52-54-78-84(57-80(65-32-15-6-16-33-65)74-51-53-77(83)85(73)86(74)78)91(69-49-45-62(46-50-69)60-26-9-3-10-27-60)82-42-22-40-76-75-39-20-38-72(88(75)93-89(76)82)63-28-11-4-12-29-63/h4,11-12,17-23,28-29,34-57,59-60,64-65,92H,2-3,5-10,13-16,24-27,30-33H2,1H3. The summed E-state index contributed by atoms with van der Waals surface area (Å²) in [4.78, 5) is 5.04. The molecule has 13 aromatic rings. The summed E-state index contributed by atoms with van der Waals surface area (Å²) >= 11 is 0. The summed E-state index contributed by atoms with van der Waals surface area (Å²) in [5.41, 5.74) is 21.5. The summed E-state index contributed by atoms with van der Waals surface area (Å²) in [6, 6.07) is 82.6. The van der Waals surface area contributed by atoms with Crippen molar-refractivity contribution in [3.8, 4) is 39.1 Å². The maximum absolute atomic E-state index is 13.4. The first-order valence-corrected chi connectivity index (χ1v) is 35.6. The second-order valence-electron chi connectivity index (χ2n) is 28.1. The van der Waals surface area contributed by atoms with Gasteiger partial charge in [0.25, 0.3) is 0 Å². The van der Waals surface area contributed by atoms with Crippen LogP contribution in [0.4, 0.5) is 34.1 Å². The number of rotatable bonds is 13. The van der Waals surface area contributed by atoms with Crippen molar-refractivity contribution in [2.75, 3.05) is 9.80 Å². The smallest absolute Gasteiger partial charge is 0.159 e. The molecule has 4 nitrogen and oxygen atoms in total. The van der Waals surface area contributed by atoms with E-state index < -0.39 is 0 Å². The normalized spacial score (nSPS) is 16.5. The third-order valence-corrected chi connectivity index (χ3v) is 22.7. The average Bonchev–Trinajstić information content (AvgIpc) is 0.764. The highest BCUT2D eigenvalue weighted by Gasteiger charge is 2.32. The Balaban J connectivity index is 0.936. The summed E-state index contributed by atoms with van der Waals surface area (Å²) in [6.07, 6.45) is 25.0. The third kappa shape index (κ3) is 10.4. The summed E-state index contributed by atoms with van der Waals surface area (Å²) in [5.74, 6) is 2.24. The molecule has 1 aromatic heterocycles. The topological polar surface area (TPSA) is 39.9 Å². The fraction of sp³-hybridized carbons (Fsp3) is 0.281. The molecule has 4 aliphatic carbocycles. The maximum Gasteiger partial charge on any atom is 0.159 e. The van der Waals surface area contributed by atoms with Gasteiger partial charge in [-0.1, -0.05) is 241 Å². The summed E-state index contributed by atoms with van der Waals surface area (Å²) < 4.78 is 7.44. The van der Waals surface area contributed by atoms with Crippen LogP contribution >= 0.6 is 0 Å². The van der Waals surface area contributed by atoms with Crippen LogP contribution < -0.4 is 9.80 Å². The number of aromatic hydroxyl groups is 1. The molecule has 4 aliphatic rings. The molecular formula is C89H84N2O2. The van der Waals surface area contributed by atoms with E-state index in [1.165, 1.54) is 187 Å². The van der Waals surface area contributed by atoms with Crippen molar-refractivity contribution in [2.45, 2.75) is 159 Å². The van der Waals surface area contributed by atoms with Crippen molar-refractivity contribution in [1.82, 2.24) is 0 Å². The third-order valence-electron chi connectivity index (χ3n) is 22.7. The van der Waals surface area contributed by atoms with Crippen molar-refractivity contribution in [3.05, 3.63) is 246 Å². The van der Waals surface area contributed by atoms with Crippen molar-refractivity contribution >= 4 is 88.4 Å². The number of hydrogen-bond donors (Lipinski definition) is 1. The molecule has 17 rings (SSSR count). The van der Waals surface area contributed by atoms with Gasteiger partial charge in [0.05, 0.1) is 22.7 Å². The number of fused-ring (bicyclic) bond motifs is 3. The molecule has 0 unspecified atom stereocenters. The van der Waals surface area contributed by atoms with E-state index in [1.807, 2.05) is 0 Å². The Bertz CT molecular complexity index is 4860. The van der Waals surface area contributed by atoms with Gasteiger partial charge in [0.2, 0.25) is 0 Å². The average molecular weight is 1210 g/mol. The molecule has 0 radical (unpaired) electrons. The van der Waals surface area contributed by atoms with Crippen LogP contribution in [0.3, 0.4) is 0 Å². The summed E-state index contributed by atoms with van der Waals surface area (Å²) in [6.45, 7) is 2.18. The molecular weight excluding hydrogens is 1130 g/mol. The molecule has 0 spiro atoms. The Morgan fingerprint density at radius 3 is 1.29 bits per heavy atom. The van der Waals surface area contributed by atoms with E-state index in [4.69, 9.17) is 4.42 Å². The van der Waals surface area contributed by atoms with Crippen LogP contribution in [0.2, 0.25) is 0 Å². The van der Waals surface area contributed by atoms with Crippen molar-refractivity contribution in [1.29, 1.82) is 0 Å². The molecule has 1 heterocycles. The van der Waals surface area contributed by atoms with Crippen LogP contribution in [-0.4, -0.2) is 5.11 Å². The van der Waals surface area contributed by atoms with Gasteiger partial charge in [-0.2, -0.15) is 0 Å². The predicted octanol–water partition coefficient (Wildman–Crippen LogP) is 26.6. The van der Waals surface area contributed by atoms with Gasteiger partial charge in [-0.3, -0.25) is 0 Å². The molecule has 4 saturated carbocycles. The molecule has 0 amide bonds. The molecule has 0 bridgehead atoms. The first-order chi connectivity index (χ1) is 46.0. The fourth-order valence-electron chi connectivity index (χ4n) is 17.9. The number of aryl methyl sites for hydroxylation is 1. The number of furan rings is 1. The van der Waals surface area contributed by atoms with E-state index in [9.17, 15) is 5.11 Å². The molecule has 0 saturated heterocycles. The molecule has 0 atom stereocenters. The Kier molecular flexibility index (Phi) is 15.4. The lowest BCUT2D eigenvalue weighted by molar-refractivity contribution is 0.443. The van der Waals surface area contributed by atoms with E-state index in [-0.39, 0.29) is 5.75 Å². The Hall–Kier alpha value is -9.12. The number of nitrogens with zero attached hydrogens (tertiary/aromatic N) is 2. The van der Waals surface area contributed by atoms with Gasteiger partial charge < -0.3 is 19.3 Å². The number of benzene rings is 12. The van der Waals surface area contributed by atoms with Crippen molar-refractivity contribution < 1.29 is 9.52 Å². The highest BCUT2D eigenvalue weighted by atomic mass is 16.3. The van der Waals surface area contributed by atoms with E-state index in [0.29, 0.717) is 23.7 Å². The Morgan fingerprint density at radius 2 is 0.731 bits per heavy atom. The molecule has 4 heteroatoms. The lowest BCUT2D eigenvalue weighted by Gasteiger charge is -2.34. The molecule has 93 heavy (non-hydrogen) atoms. The first kappa shape index (κ1) is 57.8. The lowest BCUT2D eigenvalue weighted by atomic mass is 9.77. The minimum atomic E-state index is 0.281. The zero-order chi connectivity index (χ0) is 61.9. The number of anilines is 6. The largest absolute Gasteiger partial charge is 0.505 e. The fourth-order valence-corrected chi connectivity index (χ4v) is 17.9. The van der Waals surface area contributed by atoms with E-state index in [2.05, 4.69) is 235 Å². The van der Waals surface area contributed by atoms with E-state index >= 15 is 0 Å². The lowest BCUT2D eigenvalue weighted by Crippen LogP contribution is -2.15. The van der Waals surface area contributed by atoms with Crippen LogP contribution in [0, 0.1) is 6.92 Å². The van der Waals surface area contributed by atoms with Crippen molar-refractivity contribution in [2.24, 2.45) is 0 Å². The SMILES string of the molecule is Cc1ccccc1-c1cccc(-c2cccc(N(c3ccc(C4CCCCC4)cc3)c3cc(C4CCCCC4)c4ccc5c(N(c6ccc(C7CCCCC7)cc6)c6cccc7c6oc6c(-c8ccccc8)cccc67)cc(C6CCCCC6)c6ccc3c4c65)c2O)c1. The molecule has 462 valence electrons. The van der Waals surface area contributed by atoms with Crippen LogP contribution in [0.5, 0.6) is 5.75 Å². The molecule has 4 fully saturated rings. The van der Waals surface area contributed by atoms with Crippen molar-refractivity contribution in [3.63, 3.8) is 0 Å². The summed E-state index contributed by atoms with van der Waals surface area (Å²) in [5, 5.41) is 23.5. The monoisotopic (exact) mass is 1210 g/mol. The van der Waals surface area contributed by atoms with Crippen LogP contribution in [0.1, 0.15) is 180 Å². The van der Waals surface area contributed by atoms with Gasteiger partial charge in [0.15, 0.2) is 5.58 Å². The van der Waals surface area contributed by atoms with Gasteiger partial charge in [-0.15, -0.1) is 0 Å². The Labute approximate surface area is 548 Å². The molecule has 12 aromatic carbocycles. The van der Waals surface area contributed by atoms with Gasteiger partial charge >= 0.3 is 0 Å². The quantitative estimate of drug-likeness (QED) is 0.117. The second-order valence-corrected chi connectivity index (χ2v) is 28.1. The van der Waals surface area contributed by atoms with Crippen LogP contribution in [-0.2, 0) is 0 Å². The van der Waals surface area contributed by atoms with Gasteiger partial charge in [0.1, 0.15) is 11.3 Å². The number of phenols is 1. The van der Waals surface area contributed by atoms with E-state index in [1.54, 1.807) is 0 Å². The summed E-state index contributed by atoms with van der Waals surface area (Å²) in [7, 11) is 0. The Morgan fingerprint density at radius 1 is 0.312 bits per heavy atom. The van der Waals surface area contributed by atoms with Gasteiger partial charge in [-0.05, 0) is 208 Å². The van der Waals surface area contributed by atoms with Gasteiger partial charge in [-0.25, -0.2) is 0 Å². The highest BCUT2D eigenvalue weighted by molar-refractivity contribution is 6.30. The zero-order valence-corrected chi connectivity index (χ0v) is 54.0. The predicted molar refractivity (Wildman–Crippen MR) is 393 cm³/mol. The van der Waals surface area contributed by atoms with Crippen LogP contribution in [0.25, 0.3) is 87.6 Å². The molecule has 0 aliphatic heterocycles. The zero-order valence-electron chi connectivity index (χ0n) is 54.0. The number of hydrogen-bond acceptors (Lipinski definition) is 4. The van der Waals surface area contributed by atoms with Gasteiger partial charge in [0, 0.05) is 44.0 Å². The van der Waals surface area contributed by atoms with E-state index in [0.717, 1.165) is 91.0 Å². The second kappa shape index (κ2) is 24.7. The minimum Gasteiger partial charge on any atom is -0.505 e. The van der Waals surface area contributed by atoms with Crippen LogP contribution in [0.15, 0.2) is 223 Å². The maximum atomic E-state index is 13.4. The molecule has 1 N–H and O–H groups in total. The minimum absolute atomic E-state index is 0.281.